The molecule has 2 N–H and O–H groups in total. The number of hydrogen-bond donors (Lipinski definition) is 1. The third kappa shape index (κ3) is 13.0. The van der Waals surface area contributed by atoms with Crippen molar-refractivity contribution in [3.63, 3.8) is 0 Å². The summed E-state index contributed by atoms with van der Waals surface area (Å²) in [6.07, 6.45) is 11.0. The van der Waals surface area contributed by atoms with Gasteiger partial charge < -0.3 is 5.73 Å². The molecule has 0 aromatic heterocycles. The lowest BCUT2D eigenvalue weighted by Crippen LogP contribution is -2.30. The third-order valence-electron chi connectivity index (χ3n) is 1.68. The van der Waals surface area contributed by atoms with Gasteiger partial charge in [0, 0.05) is 0 Å². The molecular formula is C15H27N. The van der Waals surface area contributed by atoms with Crippen LogP contribution in [0.1, 0.15) is 41.0 Å². The monoisotopic (exact) mass is 221 g/mol. The molecule has 0 aliphatic heterocycles. The molecule has 0 aliphatic rings. The maximum absolute atomic E-state index is 5.90. The van der Waals surface area contributed by atoms with E-state index in [0.29, 0.717) is 5.92 Å². The van der Waals surface area contributed by atoms with Gasteiger partial charge in [-0.1, -0.05) is 58.6 Å². The highest BCUT2D eigenvalue weighted by molar-refractivity contribution is 5.14. The predicted molar refractivity (Wildman–Crippen MR) is 75.4 cm³/mol. The van der Waals surface area contributed by atoms with Crippen LogP contribution >= 0.6 is 0 Å². The fraction of sp³-hybridized carbons (Fsp3) is 0.533. The van der Waals surface area contributed by atoms with Gasteiger partial charge in [-0.05, 0) is 25.3 Å². The van der Waals surface area contributed by atoms with Crippen molar-refractivity contribution in [1.82, 2.24) is 0 Å². The Bertz CT molecular complexity index is 251. The molecule has 0 spiro atoms. The lowest BCUT2D eigenvalue weighted by atomic mass is 10.0. The van der Waals surface area contributed by atoms with Gasteiger partial charge in [0.25, 0.3) is 0 Å². The zero-order valence-corrected chi connectivity index (χ0v) is 11.5. The smallest absolute Gasteiger partial charge is 0.0571 e. The van der Waals surface area contributed by atoms with Crippen molar-refractivity contribution < 1.29 is 0 Å². The Balaban J connectivity index is 0. The minimum atomic E-state index is -0.423. The number of hydrogen-bond acceptors (Lipinski definition) is 1. The van der Waals surface area contributed by atoms with Crippen LogP contribution in [0.15, 0.2) is 42.7 Å². The van der Waals surface area contributed by atoms with E-state index >= 15 is 0 Å². The molecule has 1 atom stereocenters. The van der Waals surface area contributed by atoms with Crippen LogP contribution in [0, 0.1) is 5.92 Å². The molecule has 0 bridgehead atoms. The van der Waals surface area contributed by atoms with Crippen LogP contribution < -0.4 is 5.73 Å². The summed E-state index contributed by atoms with van der Waals surface area (Å²) in [5.41, 5.74) is 8.17. The highest BCUT2D eigenvalue weighted by Crippen LogP contribution is 2.04. The van der Waals surface area contributed by atoms with E-state index in [-0.39, 0.29) is 0 Å². The SMILES string of the molecule is C=C=CC(C)(N)/C=C\CC=CC(C)C.CC. The van der Waals surface area contributed by atoms with Crippen molar-refractivity contribution in [1.29, 1.82) is 0 Å². The van der Waals surface area contributed by atoms with Gasteiger partial charge in [0.05, 0.1) is 5.54 Å². The molecular weight excluding hydrogens is 194 g/mol. The van der Waals surface area contributed by atoms with Crippen molar-refractivity contribution in [3.05, 3.63) is 42.7 Å². The molecule has 0 radical (unpaired) electrons. The second-order valence-corrected chi connectivity index (χ2v) is 4.02. The summed E-state index contributed by atoms with van der Waals surface area (Å²) in [6, 6.07) is 0. The minimum Gasteiger partial charge on any atom is -0.318 e. The molecule has 1 heteroatoms. The highest BCUT2D eigenvalue weighted by Gasteiger charge is 2.07. The molecule has 0 rings (SSSR count). The summed E-state index contributed by atoms with van der Waals surface area (Å²) in [6.45, 7) is 13.8. The molecule has 0 heterocycles. The van der Waals surface area contributed by atoms with Crippen LogP contribution in [0.2, 0.25) is 0 Å². The quantitative estimate of drug-likeness (QED) is 0.545. The fourth-order valence-electron chi connectivity index (χ4n) is 1.02. The molecule has 92 valence electrons. The summed E-state index contributed by atoms with van der Waals surface area (Å²) >= 11 is 0. The zero-order valence-electron chi connectivity index (χ0n) is 11.5. The topological polar surface area (TPSA) is 26.0 Å². The average molecular weight is 221 g/mol. The van der Waals surface area contributed by atoms with Gasteiger partial charge in [-0.25, -0.2) is 0 Å². The standard InChI is InChI=1S/C13H21N.C2H6/c1-5-10-13(4,14)11-8-6-7-9-12(2)3;1-2/h7-12H,1,6,14H2,2-4H3;1-2H3/b9-7?,11-8-;. The van der Waals surface area contributed by atoms with E-state index in [1.54, 1.807) is 6.08 Å². The van der Waals surface area contributed by atoms with Gasteiger partial charge in [-0.3, -0.25) is 0 Å². The molecule has 16 heavy (non-hydrogen) atoms. The van der Waals surface area contributed by atoms with Crippen LogP contribution in [-0.4, -0.2) is 5.54 Å². The Morgan fingerprint density at radius 3 is 2.31 bits per heavy atom. The molecule has 1 unspecified atom stereocenters. The average Bonchev–Trinajstić information content (AvgIpc) is 2.19. The summed E-state index contributed by atoms with van der Waals surface area (Å²) in [5.74, 6) is 0.612. The first-order valence-electron chi connectivity index (χ1n) is 5.98. The van der Waals surface area contributed by atoms with Gasteiger partial charge in [0.2, 0.25) is 0 Å². The molecule has 0 saturated heterocycles. The summed E-state index contributed by atoms with van der Waals surface area (Å²) in [4.78, 5) is 0. The van der Waals surface area contributed by atoms with Crippen molar-refractivity contribution in [2.75, 3.05) is 0 Å². The van der Waals surface area contributed by atoms with Crippen LogP contribution in [0.5, 0.6) is 0 Å². The lowest BCUT2D eigenvalue weighted by molar-refractivity contribution is 0.733. The second kappa shape index (κ2) is 10.5. The Labute approximate surface area is 101 Å². The van der Waals surface area contributed by atoms with E-state index in [0.717, 1.165) is 6.42 Å². The Kier molecular flexibility index (Phi) is 11.4. The molecule has 1 nitrogen and oxygen atoms in total. The third-order valence-corrected chi connectivity index (χ3v) is 1.68. The largest absolute Gasteiger partial charge is 0.318 e. The van der Waals surface area contributed by atoms with Gasteiger partial charge in [0.1, 0.15) is 0 Å². The van der Waals surface area contributed by atoms with Gasteiger partial charge in [0.15, 0.2) is 0 Å². The van der Waals surface area contributed by atoms with Crippen molar-refractivity contribution >= 4 is 0 Å². The van der Waals surface area contributed by atoms with E-state index in [1.807, 2.05) is 26.8 Å². The van der Waals surface area contributed by atoms with Crippen LogP contribution in [0.3, 0.4) is 0 Å². The Morgan fingerprint density at radius 2 is 1.88 bits per heavy atom. The number of nitrogens with two attached hydrogens (primary N) is 1. The molecule has 0 aliphatic carbocycles. The first-order valence-corrected chi connectivity index (χ1v) is 5.98. The van der Waals surface area contributed by atoms with Gasteiger partial charge in [-0.2, -0.15) is 0 Å². The first-order chi connectivity index (χ1) is 7.48. The lowest BCUT2D eigenvalue weighted by Gasteiger charge is -2.12. The van der Waals surface area contributed by atoms with Crippen LogP contribution in [0.25, 0.3) is 0 Å². The Hall–Kier alpha value is -1.04. The number of rotatable bonds is 5. The van der Waals surface area contributed by atoms with Crippen molar-refractivity contribution in [2.24, 2.45) is 11.7 Å². The second-order valence-electron chi connectivity index (χ2n) is 4.02. The van der Waals surface area contributed by atoms with E-state index in [9.17, 15) is 0 Å². The maximum Gasteiger partial charge on any atom is 0.0571 e. The molecule has 0 amide bonds. The summed E-state index contributed by atoms with van der Waals surface area (Å²) in [5, 5.41) is 0. The van der Waals surface area contributed by atoms with Crippen LogP contribution in [-0.2, 0) is 0 Å². The zero-order chi connectivity index (χ0) is 13.0. The fourth-order valence-corrected chi connectivity index (χ4v) is 1.02. The van der Waals surface area contributed by atoms with Gasteiger partial charge in [-0.15, -0.1) is 5.73 Å². The summed E-state index contributed by atoms with van der Waals surface area (Å²) < 4.78 is 0. The van der Waals surface area contributed by atoms with Crippen molar-refractivity contribution in [2.45, 2.75) is 46.6 Å². The molecule has 0 aromatic rings. The normalized spacial score (nSPS) is 14.4. The van der Waals surface area contributed by atoms with E-state index < -0.39 is 5.54 Å². The molecule has 0 aromatic carbocycles. The number of allylic oxidation sites excluding steroid dienone is 3. The van der Waals surface area contributed by atoms with E-state index in [2.05, 4.69) is 44.4 Å². The van der Waals surface area contributed by atoms with E-state index in [4.69, 9.17) is 5.73 Å². The summed E-state index contributed by atoms with van der Waals surface area (Å²) in [7, 11) is 0. The van der Waals surface area contributed by atoms with Gasteiger partial charge >= 0.3 is 0 Å². The molecule has 0 fully saturated rings. The maximum atomic E-state index is 5.90. The first kappa shape index (κ1) is 17.4. The Morgan fingerprint density at radius 1 is 1.31 bits per heavy atom. The van der Waals surface area contributed by atoms with E-state index in [1.165, 1.54) is 0 Å². The van der Waals surface area contributed by atoms with Crippen molar-refractivity contribution in [3.8, 4) is 0 Å². The highest BCUT2D eigenvalue weighted by atomic mass is 14.7. The predicted octanol–water partition coefficient (Wildman–Crippen LogP) is 4.23. The minimum absolute atomic E-state index is 0.423. The molecule has 0 saturated carbocycles. The van der Waals surface area contributed by atoms with Crippen LogP contribution in [0.4, 0.5) is 0 Å².